The van der Waals surface area contributed by atoms with Gasteiger partial charge in [-0.1, -0.05) is 26.2 Å². The fraction of sp³-hybridized carbons (Fsp3) is 1.00. The van der Waals surface area contributed by atoms with E-state index >= 15 is 0 Å². The van der Waals surface area contributed by atoms with Crippen LogP contribution in [0.5, 0.6) is 0 Å². The van der Waals surface area contributed by atoms with Gasteiger partial charge in [-0.25, -0.2) is 0 Å². The number of piperidine rings is 1. The summed E-state index contributed by atoms with van der Waals surface area (Å²) in [5, 5.41) is 10.6. The van der Waals surface area contributed by atoms with E-state index in [4.69, 9.17) is 4.74 Å². The van der Waals surface area contributed by atoms with Crippen LogP contribution in [0.3, 0.4) is 0 Å². The van der Waals surface area contributed by atoms with Gasteiger partial charge in [-0.05, 0) is 31.7 Å². The van der Waals surface area contributed by atoms with Gasteiger partial charge in [0, 0.05) is 20.2 Å². The second-order valence-corrected chi connectivity index (χ2v) is 6.06. The minimum atomic E-state index is -0.420. The summed E-state index contributed by atoms with van der Waals surface area (Å²) >= 11 is 0. The summed E-state index contributed by atoms with van der Waals surface area (Å²) < 4.78 is 5.53. The Bertz CT molecular complexity index is 238. The fourth-order valence-corrected chi connectivity index (χ4v) is 3.33. The van der Waals surface area contributed by atoms with Crippen LogP contribution >= 0.6 is 0 Å². The van der Waals surface area contributed by atoms with E-state index in [1.807, 2.05) is 0 Å². The maximum absolute atomic E-state index is 10.6. The smallest absolute Gasteiger partial charge is 0.0774 e. The zero-order chi connectivity index (χ0) is 12.3. The van der Waals surface area contributed by atoms with Crippen molar-refractivity contribution in [3.05, 3.63) is 0 Å². The molecule has 0 aromatic carbocycles. The maximum Gasteiger partial charge on any atom is 0.0774 e. The van der Waals surface area contributed by atoms with Crippen molar-refractivity contribution in [2.45, 2.75) is 57.2 Å². The highest BCUT2D eigenvalue weighted by molar-refractivity contribution is 4.88. The summed E-state index contributed by atoms with van der Waals surface area (Å²) in [4.78, 5) is 2.40. The molecule has 2 atom stereocenters. The molecule has 1 heterocycles. The highest BCUT2D eigenvalue weighted by Gasteiger charge is 2.34. The highest BCUT2D eigenvalue weighted by Crippen LogP contribution is 2.30. The average Bonchev–Trinajstić information content (AvgIpc) is 2.32. The van der Waals surface area contributed by atoms with Crippen molar-refractivity contribution in [1.82, 2.24) is 4.90 Å². The number of methoxy groups -OCH3 is 1. The lowest BCUT2D eigenvalue weighted by molar-refractivity contribution is -0.0609. The number of hydrogen-bond donors (Lipinski definition) is 1. The van der Waals surface area contributed by atoms with Crippen LogP contribution in [0.25, 0.3) is 0 Å². The molecule has 1 aliphatic heterocycles. The fourth-order valence-electron chi connectivity index (χ4n) is 3.33. The highest BCUT2D eigenvalue weighted by atomic mass is 16.5. The first kappa shape index (κ1) is 13.3. The summed E-state index contributed by atoms with van der Waals surface area (Å²) in [6, 6.07) is 0. The molecule has 1 saturated heterocycles. The molecule has 3 nitrogen and oxygen atoms in total. The van der Waals surface area contributed by atoms with E-state index in [1.165, 1.54) is 25.7 Å². The summed E-state index contributed by atoms with van der Waals surface area (Å²) in [6.45, 7) is 5.21. The van der Waals surface area contributed by atoms with Crippen LogP contribution in [0.2, 0.25) is 0 Å². The normalized spacial score (nSPS) is 34.8. The SMILES string of the molecule is COC1CN(CC2(O)CCCCC2)CCC1C. The molecule has 2 fully saturated rings. The summed E-state index contributed by atoms with van der Waals surface area (Å²) in [6.07, 6.45) is 7.17. The first-order chi connectivity index (χ1) is 8.13. The topological polar surface area (TPSA) is 32.7 Å². The molecule has 2 rings (SSSR count). The Balaban J connectivity index is 1.86. The second kappa shape index (κ2) is 5.68. The Morgan fingerprint density at radius 3 is 2.65 bits per heavy atom. The molecule has 0 aromatic heterocycles. The molecule has 3 heteroatoms. The van der Waals surface area contributed by atoms with Crippen LogP contribution in [0, 0.1) is 5.92 Å². The van der Waals surface area contributed by atoms with E-state index in [9.17, 15) is 5.11 Å². The summed E-state index contributed by atoms with van der Waals surface area (Å²) in [5.41, 5.74) is -0.420. The van der Waals surface area contributed by atoms with Gasteiger partial charge in [-0.3, -0.25) is 4.90 Å². The number of ether oxygens (including phenoxy) is 1. The molecular weight excluding hydrogens is 214 g/mol. The number of likely N-dealkylation sites (tertiary alicyclic amines) is 1. The van der Waals surface area contributed by atoms with Gasteiger partial charge in [0.05, 0.1) is 11.7 Å². The molecule has 100 valence electrons. The third-order valence-corrected chi connectivity index (χ3v) is 4.58. The van der Waals surface area contributed by atoms with E-state index in [0.29, 0.717) is 12.0 Å². The average molecular weight is 241 g/mol. The predicted octanol–water partition coefficient (Wildman–Crippen LogP) is 2.04. The zero-order valence-electron chi connectivity index (χ0n) is 11.3. The lowest BCUT2D eigenvalue weighted by Gasteiger charge is -2.42. The first-order valence-electron chi connectivity index (χ1n) is 7.10. The lowest BCUT2D eigenvalue weighted by atomic mass is 9.83. The van der Waals surface area contributed by atoms with E-state index in [-0.39, 0.29) is 0 Å². The standard InChI is InChI=1S/C14H27NO2/c1-12-6-9-15(10-13(12)17-2)11-14(16)7-4-3-5-8-14/h12-13,16H,3-11H2,1-2H3. The van der Waals surface area contributed by atoms with Crippen molar-refractivity contribution < 1.29 is 9.84 Å². The number of hydrogen-bond acceptors (Lipinski definition) is 3. The Labute approximate surface area is 105 Å². The van der Waals surface area contributed by atoms with E-state index < -0.39 is 5.60 Å². The van der Waals surface area contributed by atoms with E-state index in [2.05, 4.69) is 11.8 Å². The van der Waals surface area contributed by atoms with Crippen molar-refractivity contribution in [1.29, 1.82) is 0 Å². The van der Waals surface area contributed by atoms with Crippen LogP contribution in [0.4, 0.5) is 0 Å². The third-order valence-electron chi connectivity index (χ3n) is 4.58. The molecule has 1 N–H and O–H groups in total. The molecule has 0 aromatic rings. The van der Waals surface area contributed by atoms with Gasteiger partial charge in [0.25, 0.3) is 0 Å². The van der Waals surface area contributed by atoms with Crippen molar-refractivity contribution in [2.24, 2.45) is 5.92 Å². The van der Waals surface area contributed by atoms with Gasteiger partial charge < -0.3 is 9.84 Å². The van der Waals surface area contributed by atoms with Gasteiger partial charge in [0.2, 0.25) is 0 Å². The molecule has 0 radical (unpaired) electrons. The van der Waals surface area contributed by atoms with Gasteiger partial charge in [0.15, 0.2) is 0 Å². The van der Waals surface area contributed by atoms with Gasteiger partial charge in [-0.2, -0.15) is 0 Å². The van der Waals surface area contributed by atoms with Crippen LogP contribution < -0.4 is 0 Å². The Morgan fingerprint density at radius 2 is 2.00 bits per heavy atom. The minimum absolute atomic E-state index is 0.343. The van der Waals surface area contributed by atoms with Crippen LogP contribution in [0.1, 0.15) is 45.4 Å². The Morgan fingerprint density at radius 1 is 1.29 bits per heavy atom. The Hall–Kier alpha value is -0.120. The predicted molar refractivity (Wildman–Crippen MR) is 69.1 cm³/mol. The molecule has 2 aliphatic rings. The molecule has 0 amide bonds. The van der Waals surface area contributed by atoms with Gasteiger partial charge >= 0.3 is 0 Å². The van der Waals surface area contributed by atoms with Gasteiger partial charge in [0.1, 0.15) is 0 Å². The van der Waals surface area contributed by atoms with E-state index in [0.717, 1.165) is 32.5 Å². The van der Waals surface area contributed by atoms with Crippen LogP contribution in [-0.2, 0) is 4.74 Å². The third kappa shape index (κ3) is 3.43. The Kier molecular flexibility index (Phi) is 4.45. The number of nitrogens with zero attached hydrogens (tertiary/aromatic N) is 1. The molecule has 0 spiro atoms. The molecule has 17 heavy (non-hydrogen) atoms. The number of β-amino-alcohol motifs (C(OH)–C–C–N with tert-alkyl or cyclic N) is 1. The van der Waals surface area contributed by atoms with Crippen molar-refractivity contribution in [3.8, 4) is 0 Å². The molecule has 1 aliphatic carbocycles. The lowest BCUT2D eigenvalue weighted by Crippen LogP contribution is -2.51. The summed E-state index contributed by atoms with van der Waals surface area (Å²) in [5.74, 6) is 0.650. The molecule has 0 bridgehead atoms. The number of aliphatic hydroxyl groups is 1. The van der Waals surface area contributed by atoms with Crippen LogP contribution in [0.15, 0.2) is 0 Å². The molecule has 1 saturated carbocycles. The molecule has 2 unspecified atom stereocenters. The second-order valence-electron chi connectivity index (χ2n) is 6.06. The maximum atomic E-state index is 10.6. The quantitative estimate of drug-likeness (QED) is 0.821. The molecular formula is C14H27NO2. The monoisotopic (exact) mass is 241 g/mol. The number of rotatable bonds is 3. The largest absolute Gasteiger partial charge is 0.389 e. The zero-order valence-corrected chi connectivity index (χ0v) is 11.3. The first-order valence-corrected chi connectivity index (χ1v) is 7.10. The van der Waals surface area contributed by atoms with Crippen molar-refractivity contribution in [2.75, 3.05) is 26.7 Å². The van der Waals surface area contributed by atoms with Gasteiger partial charge in [-0.15, -0.1) is 0 Å². The summed E-state index contributed by atoms with van der Waals surface area (Å²) in [7, 11) is 1.81. The van der Waals surface area contributed by atoms with E-state index in [1.54, 1.807) is 7.11 Å². The minimum Gasteiger partial charge on any atom is -0.389 e. The van der Waals surface area contributed by atoms with Crippen LogP contribution in [-0.4, -0.2) is 48.5 Å². The van der Waals surface area contributed by atoms with Crippen molar-refractivity contribution in [3.63, 3.8) is 0 Å². The van der Waals surface area contributed by atoms with Crippen molar-refractivity contribution >= 4 is 0 Å².